The first kappa shape index (κ1) is 23.2. The van der Waals surface area contributed by atoms with Crippen molar-refractivity contribution < 1.29 is 9.72 Å². The summed E-state index contributed by atoms with van der Waals surface area (Å²) in [7, 11) is 1.82. The van der Waals surface area contributed by atoms with Crippen LogP contribution in [0.1, 0.15) is 46.7 Å². The van der Waals surface area contributed by atoms with Gasteiger partial charge >= 0.3 is 0 Å². The number of nitrogens with zero attached hydrogens (tertiary/aromatic N) is 2. The Balaban J connectivity index is 2.65. The highest BCUT2D eigenvalue weighted by Gasteiger charge is 2.24. The predicted molar refractivity (Wildman–Crippen MR) is 121 cm³/mol. The number of nitrogens with one attached hydrogen (secondary N) is 1. The van der Waals surface area contributed by atoms with Crippen LogP contribution in [0.2, 0.25) is 0 Å². The highest BCUT2D eigenvalue weighted by Crippen LogP contribution is 2.29. The Labute approximate surface area is 182 Å². The molecule has 0 radical (unpaired) electrons. The van der Waals surface area contributed by atoms with Crippen LogP contribution in [0.3, 0.4) is 0 Å². The number of nitro benzene ring substituents is 1. The number of amides is 1. The number of thioether (sulfide) groups is 1. The molecular formula is C20H24BrN3O4S. The van der Waals surface area contributed by atoms with Gasteiger partial charge in [-0.05, 0) is 53.1 Å². The summed E-state index contributed by atoms with van der Waals surface area (Å²) in [5, 5.41) is 14.1. The molecule has 0 aliphatic rings. The first-order valence-corrected chi connectivity index (χ1v) is 11.3. The SMILES string of the molecule is CCc1cc([N+](=O)[O-])cc(CC)c1NC(=O)c1c(CSC)n(C)c(C)c(Br)c1=O. The van der Waals surface area contributed by atoms with Gasteiger partial charge in [-0.25, -0.2) is 0 Å². The van der Waals surface area contributed by atoms with Gasteiger partial charge in [0.2, 0.25) is 5.43 Å². The van der Waals surface area contributed by atoms with Crippen molar-refractivity contribution in [3.63, 3.8) is 0 Å². The molecule has 2 aromatic rings. The summed E-state index contributed by atoms with van der Waals surface area (Å²) in [6.45, 7) is 5.56. The van der Waals surface area contributed by atoms with Gasteiger partial charge in [0.25, 0.3) is 11.6 Å². The number of carbonyl (C=O) groups excluding carboxylic acids is 1. The normalized spacial score (nSPS) is 10.8. The van der Waals surface area contributed by atoms with Gasteiger partial charge in [0.15, 0.2) is 0 Å². The standard InChI is InChI=1S/C20H24BrN3O4S/c1-6-12-8-14(24(27)28)9-13(7-2)18(12)22-20(26)16-15(10-29-5)23(4)11(3)17(21)19(16)25/h8-9H,6-7,10H2,1-5H3,(H,22,26). The van der Waals surface area contributed by atoms with Crippen molar-refractivity contribution in [1.82, 2.24) is 4.57 Å². The molecule has 0 spiro atoms. The number of hydrogen-bond acceptors (Lipinski definition) is 5. The van der Waals surface area contributed by atoms with Crippen molar-refractivity contribution in [2.45, 2.75) is 39.4 Å². The minimum absolute atomic E-state index is 0.00577. The number of nitro groups is 1. The number of halogens is 1. The second kappa shape index (κ2) is 9.58. The lowest BCUT2D eigenvalue weighted by molar-refractivity contribution is -0.385. The van der Waals surface area contributed by atoms with E-state index in [9.17, 15) is 19.7 Å². The molecule has 7 nitrogen and oxygen atoms in total. The van der Waals surface area contributed by atoms with Crippen molar-refractivity contribution in [2.24, 2.45) is 7.05 Å². The molecule has 1 amide bonds. The van der Waals surface area contributed by atoms with Gasteiger partial charge in [0.1, 0.15) is 5.56 Å². The lowest BCUT2D eigenvalue weighted by Gasteiger charge is -2.19. The predicted octanol–water partition coefficient (Wildman–Crippen LogP) is 4.60. The maximum Gasteiger partial charge on any atom is 0.270 e. The highest BCUT2D eigenvalue weighted by molar-refractivity contribution is 9.10. The van der Waals surface area contributed by atoms with Crippen LogP contribution in [0, 0.1) is 17.0 Å². The van der Waals surface area contributed by atoms with Crippen LogP contribution in [-0.4, -0.2) is 21.7 Å². The van der Waals surface area contributed by atoms with E-state index in [0.29, 0.717) is 45.6 Å². The number of non-ortho nitro benzene ring substituents is 1. The molecule has 1 heterocycles. The molecule has 2 rings (SSSR count). The molecule has 0 fully saturated rings. The van der Waals surface area contributed by atoms with Crippen LogP contribution < -0.4 is 10.7 Å². The van der Waals surface area contributed by atoms with Gasteiger partial charge in [-0.2, -0.15) is 11.8 Å². The number of carbonyl (C=O) groups is 1. The van der Waals surface area contributed by atoms with Gasteiger partial charge in [0.05, 0.1) is 9.40 Å². The average Bonchev–Trinajstić information content (AvgIpc) is 2.70. The van der Waals surface area contributed by atoms with E-state index < -0.39 is 10.8 Å². The van der Waals surface area contributed by atoms with Crippen LogP contribution in [0.15, 0.2) is 21.4 Å². The molecule has 29 heavy (non-hydrogen) atoms. The molecule has 0 atom stereocenters. The molecule has 156 valence electrons. The monoisotopic (exact) mass is 481 g/mol. The summed E-state index contributed by atoms with van der Waals surface area (Å²) in [4.78, 5) is 36.9. The Morgan fingerprint density at radius 1 is 1.28 bits per heavy atom. The quantitative estimate of drug-likeness (QED) is 0.460. The third-order valence-corrected chi connectivity index (χ3v) is 6.44. The Morgan fingerprint density at radius 3 is 2.28 bits per heavy atom. The van der Waals surface area contributed by atoms with E-state index in [0.717, 1.165) is 5.69 Å². The number of aromatic nitrogens is 1. The Hall–Kier alpha value is -2.13. The topological polar surface area (TPSA) is 94.2 Å². The lowest BCUT2D eigenvalue weighted by Crippen LogP contribution is -2.29. The van der Waals surface area contributed by atoms with E-state index in [1.54, 1.807) is 0 Å². The van der Waals surface area contributed by atoms with E-state index >= 15 is 0 Å². The molecule has 0 unspecified atom stereocenters. The maximum absolute atomic E-state index is 13.2. The summed E-state index contributed by atoms with van der Waals surface area (Å²) in [6.07, 6.45) is 2.93. The summed E-state index contributed by atoms with van der Waals surface area (Å²) in [5.41, 5.74) is 2.97. The Bertz CT molecular complexity index is 1010. The van der Waals surface area contributed by atoms with Gasteiger partial charge < -0.3 is 9.88 Å². The number of benzene rings is 1. The minimum atomic E-state index is -0.506. The molecule has 9 heteroatoms. The van der Waals surface area contributed by atoms with Gasteiger partial charge in [-0.3, -0.25) is 19.7 Å². The van der Waals surface area contributed by atoms with Gasteiger partial charge in [-0.1, -0.05) is 13.8 Å². The fourth-order valence-electron chi connectivity index (χ4n) is 3.21. The molecule has 0 saturated carbocycles. The van der Waals surface area contributed by atoms with Crippen LogP contribution in [0.5, 0.6) is 0 Å². The second-order valence-electron chi connectivity index (χ2n) is 6.60. The Kier molecular flexibility index (Phi) is 7.65. The van der Waals surface area contributed by atoms with Crippen molar-refractivity contribution in [3.8, 4) is 0 Å². The average molecular weight is 482 g/mol. The second-order valence-corrected chi connectivity index (χ2v) is 8.26. The molecule has 0 saturated heterocycles. The summed E-state index contributed by atoms with van der Waals surface area (Å²) < 4.78 is 2.19. The number of aryl methyl sites for hydroxylation is 2. The maximum atomic E-state index is 13.2. The summed E-state index contributed by atoms with van der Waals surface area (Å²) in [5.74, 6) is -0.00181. The number of hydrogen-bond donors (Lipinski definition) is 1. The van der Waals surface area contributed by atoms with Crippen molar-refractivity contribution in [1.29, 1.82) is 0 Å². The van der Waals surface area contributed by atoms with Gasteiger partial charge in [-0.15, -0.1) is 0 Å². The van der Waals surface area contributed by atoms with E-state index in [-0.39, 0.29) is 16.7 Å². The van der Waals surface area contributed by atoms with E-state index in [4.69, 9.17) is 0 Å². The van der Waals surface area contributed by atoms with E-state index in [2.05, 4.69) is 21.2 Å². The lowest BCUT2D eigenvalue weighted by atomic mass is 10.0. The zero-order valence-corrected chi connectivity index (χ0v) is 19.5. The number of rotatable bonds is 7. The fourth-order valence-corrected chi connectivity index (χ4v) is 4.29. The first-order valence-electron chi connectivity index (χ1n) is 9.16. The van der Waals surface area contributed by atoms with Crippen LogP contribution in [-0.2, 0) is 25.6 Å². The molecule has 1 N–H and O–H groups in total. The molecule has 0 bridgehead atoms. The molecule has 1 aromatic heterocycles. The smallest absolute Gasteiger partial charge is 0.270 e. The largest absolute Gasteiger partial charge is 0.349 e. The van der Waals surface area contributed by atoms with E-state index in [1.807, 2.05) is 38.6 Å². The van der Waals surface area contributed by atoms with Crippen molar-refractivity contribution in [2.75, 3.05) is 11.6 Å². The minimum Gasteiger partial charge on any atom is -0.349 e. The first-order chi connectivity index (χ1) is 13.7. The van der Waals surface area contributed by atoms with E-state index in [1.165, 1.54) is 23.9 Å². The summed E-state index contributed by atoms with van der Waals surface area (Å²) in [6, 6.07) is 2.95. The number of anilines is 1. The van der Waals surface area contributed by atoms with Crippen LogP contribution in [0.25, 0.3) is 0 Å². The third kappa shape index (κ3) is 4.56. The molecule has 0 aliphatic heterocycles. The highest BCUT2D eigenvalue weighted by atomic mass is 79.9. The zero-order valence-electron chi connectivity index (χ0n) is 17.1. The van der Waals surface area contributed by atoms with Crippen LogP contribution in [0.4, 0.5) is 11.4 Å². The Morgan fingerprint density at radius 2 is 1.83 bits per heavy atom. The zero-order chi connectivity index (χ0) is 21.9. The van der Waals surface area contributed by atoms with Crippen molar-refractivity contribution in [3.05, 3.63) is 65.0 Å². The molecule has 0 aliphatic carbocycles. The van der Waals surface area contributed by atoms with Crippen LogP contribution >= 0.6 is 27.7 Å². The third-order valence-electron chi connectivity index (χ3n) is 4.95. The van der Waals surface area contributed by atoms with Crippen molar-refractivity contribution >= 4 is 45.0 Å². The number of pyridine rings is 1. The molecule has 1 aromatic carbocycles. The fraction of sp³-hybridized carbons (Fsp3) is 0.400. The molecular weight excluding hydrogens is 458 g/mol. The summed E-state index contributed by atoms with van der Waals surface area (Å²) >= 11 is 4.83. The van der Waals surface area contributed by atoms with Gasteiger partial charge in [0, 0.05) is 42.0 Å².